The number of anilines is 1. The quantitative estimate of drug-likeness (QED) is 0.259. The van der Waals surface area contributed by atoms with Crippen molar-refractivity contribution >= 4 is 77.4 Å². The number of hydrogen-bond acceptors (Lipinski definition) is 5. The van der Waals surface area contributed by atoms with Gasteiger partial charge in [0.25, 0.3) is 0 Å². The van der Waals surface area contributed by atoms with Gasteiger partial charge in [-0.3, -0.25) is 0 Å². The van der Waals surface area contributed by atoms with Crippen LogP contribution in [0.2, 0.25) is 0 Å². The van der Waals surface area contributed by atoms with E-state index in [2.05, 4.69) is 65.7 Å². The second-order valence-corrected chi connectivity index (χ2v) is 9.06. The van der Waals surface area contributed by atoms with Crippen molar-refractivity contribution in [2.45, 2.75) is 13.3 Å². The predicted octanol–water partition coefficient (Wildman–Crippen LogP) is 7.15. The summed E-state index contributed by atoms with van der Waals surface area (Å²) in [6, 6.07) is 13.8. The van der Waals surface area contributed by atoms with Gasteiger partial charge < -0.3 is 4.90 Å². The Bertz CT molecular complexity index is 1120. The Hall–Kier alpha value is -2.13. The highest BCUT2D eigenvalue weighted by molar-refractivity contribution is 14.1. The van der Waals surface area contributed by atoms with Crippen molar-refractivity contribution in [2.24, 2.45) is 0 Å². The fourth-order valence-electron chi connectivity index (χ4n) is 2.91. The number of nitrogens with zero attached hydrogens (tertiary/aromatic N) is 3. The molecule has 1 aromatic carbocycles. The van der Waals surface area contributed by atoms with Crippen LogP contribution >= 0.6 is 45.3 Å². The van der Waals surface area contributed by atoms with Crippen molar-refractivity contribution in [1.29, 1.82) is 10.5 Å². The first-order chi connectivity index (χ1) is 13.6. The number of allylic oxidation sites excluding steroid dienone is 1. The van der Waals surface area contributed by atoms with Gasteiger partial charge in [-0.15, -0.1) is 22.7 Å². The first-order valence-corrected chi connectivity index (χ1v) is 11.7. The molecule has 0 aliphatic carbocycles. The Morgan fingerprint density at radius 3 is 2.57 bits per heavy atom. The maximum atomic E-state index is 9.69. The van der Waals surface area contributed by atoms with Crippen LogP contribution in [-0.4, -0.2) is 13.6 Å². The molecule has 0 saturated heterocycles. The minimum Gasteiger partial charge on any atom is -0.366 e. The van der Waals surface area contributed by atoms with Gasteiger partial charge in [-0.05, 0) is 46.4 Å². The fourth-order valence-corrected chi connectivity index (χ4v) is 5.80. The standard InChI is InChI=1S/C22H18IN3S2/c1-3-10-26(2)21-12-20-22(28-21)18(8-9-23)19(27-20)11-17(14-25)16-6-4-15(13-24)5-7-16/h4-9,11-12H,3,10H2,1-2H3/b9-8-,17-11+. The summed E-state index contributed by atoms with van der Waals surface area (Å²) < 4.78 is 4.52. The predicted molar refractivity (Wildman–Crippen MR) is 131 cm³/mol. The molecule has 3 aromatic rings. The molecule has 0 bridgehead atoms. The van der Waals surface area contributed by atoms with Gasteiger partial charge >= 0.3 is 0 Å². The average molecular weight is 515 g/mol. The summed E-state index contributed by atoms with van der Waals surface area (Å²) in [5.74, 6) is 0. The minimum absolute atomic E-state index is 0.593. The highest BCUT2D eigenvalue weighted by atomic mass is 127. The van der Waals surface area contributed by atoms with Crippen molar-refractivity contribution in [2.75, 3.05) is 18.5 Å². The van der Waals surface area contributed by atoms with E-state index in [-0.39, 0.29) is 0 Å². The molecule has 140 valence electrons. The Labute approximate surface area is 187 Å². The van der Waals surface area contributed by atoms with Crippen molar-refractivity contribution < 1.29 is 0 Å². The summed E-state index contributed by atoms with van der Waals surface area (Å²) in [6.45, 7) is 3.22. The van der Waals surface area contributed by atoms with Gasteiger partial charge in [0, 0.05) is 28.7 Å². The number of rotatable bonds is 6. The maximum absolute atomic E-state index is 9.69. The van der Waals surface area contributed by atoms with Crippen molar-refractivity contribution in [3.05, 3.63) is 56.0 Å². The number of nitriles is 2. The first kappa shape index (κ1) is 20.6. The van der Waals surface area contributed by atoms with Crippen molar-refractivity contribution in [3.63, 3.8) is 0 Å². The maximum Gasteiger partial charge on any atom is 0.0998 e. The zero-order valence-corrected chi connectivity index (χ0v) is 19.4. The van der Waals surface area contributed by atoms with Gasteiger partial charge in [-0.2, -0.15) is 10.5 Å². The summed E-state index contributed by atoms with van der Waals surface area (Å²) in [4.78, 5) is 3.38. The monoisotopic (exact) mass is 515 g/mol. The van der Waals surface area contributed by atoms with Crippen molar-refractivity contribution in [3.8, 4) is 12.1 Å². The number of hydrogen-bond donors (Lipinski definition) is 0. The van der Waals surface area contributed by atoms with E-state index in [4.69, 9.17) is 5.26 Å². The van der Waals surface area contributed by atoms with Crippen LogP contribution in [0.15, 0.2) is 34.4 Å². The van der Waals surface area contributed by atoms with E-state index in [1.165, 1.54) is 14.4 Å². The lowest BCUT2D eigenvalue weighted by Crippen LogP contribution is -2.15. The Morgan fingerprint density at radius 2 is 1.96 bits per heavy atom. The van der Waals surface area contributed by atoms with Crippen LogP contribution in [0.1, 0.15) is 34.9 Å². The largest absolute Gasteiger partial charge is 0.366 e. The molecule has 3 nitrogen and oxygen atoms in total. The molecule has 6 heteroatoms. The normalized spacial score (nSPS) is 11.7. The lowest BCUT2D eigenvalue weighted by atomic mass is 10.0. The van der Waals surface area contributed by atoms with Crippen LogP contribution < -0.4 is 4.90 Å². The molecule has 2 heterocycles. The fraction of sp³-hybridized carbons (Fsp3) is 0.182. The van der Waals surface area contributed by atoms with Gasteiger partial charge in [0.15, 0.2) is 0 Å². The molecule has 0 unspecified atom stereocenters. The molecular weight excluding hydrogens is 497 g/mol. The molecule has 0 saturated carbocycles. The minimum atomic E-state index is 0.593. The van der Waals surface area contributed by atoms with Crippen LogP contribution in [0.5, 0.6) is 0 Å². The molecule has 0 aliphatic rings. The van der Waals surface area contributed by atoms with Crippen molar-refractivity contribution in [1.82, 2.24) is 0 Å². The third kappa shape index (κ3) is 4.30. The molecule has 0 atom stereocenters. The zero-order valence-electron chi connectivity index (χ0n) is 15.6. The van der Waals surface area contributed by atoms with Gasteiger partial charge in [-0.25, -0.2) is 0 Å². The molecule has 2 aromatic heterocycles. The number of benzene rings is 1. The Balaban J connectivity index is 2.06. The smallest absolute Gasteiger partial charge is 0.0998 e. The molecule has 0 radical (unpaired) electrons. The molecule has 0 fully saturated rings. The van der Waals surface area contributed by atoms with E-state index in [0.717, 1.165) is 29.0 Å². The van der Waals surface area contributed by atoms with E-state index in [9.17, 15) is 5.26 Å². The van der Waals surface area contributed by atoms with E-state index in [1.54, 1.807) is 34.8 Å². The third-order valence-corrected chi connectivity index (χ3v) is 7.17. The highest BCUT2D eigenvalue weighted by Gasteiger charge is 2.15. The molecule has 0 N–H and O–H groups in total. The molecular formula is C22H18IN3S2. The third-order valence-electron chi connectivity index (χ3n) is 4.30. The van der Waals surface area contributed by atoms with Crippen LogP contribution in [0.4, 0.5) is 5.00 Å². The topological polar surface area (TPSA) is 50.8 Å². The molecule has 28 heavy (non-hydrogen) atoms. The van der Waals surface area contributed by atoms with E-state index in [1.807, 2.05) is 22.3 Å². The van der Waals surface area contributed by atoms with Gasteiger partial charge in [-0.1, -0.05) is 41.6 Å². The highest BCUT2D eigenvalue weighted by Crippen LogP contribution is 2.43. The average Bonchev–Trinajstić information content (AvgIpc) is 3.26. The second-order valence-electron chi connectivity index (χ2n) is 6.23. The van der Waals surface area contributed by atoms with Gasteiger partial charge in [0.05, 0.1) is 33.0 Å². The molecule has 3 rings (SSSR count). The van der Waals surface area contributed by atoms with Crippen LogP contribution in [0.3, 0.4) is 0 Å². The summed E-state index contributed by atoms with van der Waals surface area (Å²) in [5.41, 5.74) is 3.18. The SMILES string of the molecule is CCCN(C)c1cc2sc(/C=C(\C#N)c3ccc(C#N)cc3)c(/C=C\I)c2s1. The summed E-state index contributed by atoms with van der Waals surface area (Å²) in [5, 5.41) is 19.9. The summed E-state index contributed by atoms with van der Waals surface area (Å²) in [6.07, 6.45) is 5.19. The van der Waals surface area contributed by atoms with E-state index in [0.29, 0.717) is 11.1 Å². The lowest BCUT2D eigenvalue weighted by Gasteiger charge is -2.14. The van der Waals surface area contributed by atoms with Gasteiger partial charge in [0.1, 0.15) is 0 Å². The van der Waals surface area contributed by atoms with Crippen LogP contribution in [-0.2, 0) is 0 Å². The van der Waals surface area contributed by atoms with Crippen LogP contribution in [0.25, 0.3) is 27.1 Å². The van der Waals surface area contributed by atoms with Gasteiger partial charge in [0.2, 0.25) is 0 Å². The number of halogens is 1. The Kier molecular flexibility index (Phi) is 6.90. The first-order valence-electron chi connectivity index (χ1n) is 8.77. The molecule has 0 spiro atoms. The Morgan fingerprint density at radius 1 is 1.21 bits per heavy atom. The molecule has 0 amide bonds. The van der Waals surface area contributed by atoms with E-state index < -0.39 is 0 Å². The summed E-state index contributed by atoms with van der Waals surface area (Å²) >= 11 is 5.75. The number of thiophene rings is 2. The lowest BCUT2D eigenvalue weighted by molar-refractivity contribution is 0.859. The molecule has 0 aliphatic heterocycles. The van der Waals surface area contributed by atoms with Crippen LogP contribution in [0, 0.1) is 22.7 Å². The summed E-state index contributed by atoms with van der Waals surface area (Å²) in [7, 11) is 2.13. The number of fused-ring (bicyclic) bond motifs is 1. The zero-order chi connectivity index (χ0) is 20.1. The van der Waals surface area contributed by atoms with E-state index >= 15 is 0 Å². The second kappa shape index (κ2) is 9.38.